The van der Waals surface area contributed by atoms with Gasteiger partial charge in [0.2, 0.25) is 10.0 Å². The first-order chi connectivity index (χ1) is 12.3. The van der Waals surface area contributed by atoms with Crippen molar-refractivity contribution in [3.05, 3.63) is 52.5 Å². The molecule has 0 aliphatic carbocycles. The number of hydrogen-bond acceptors (Lipinski definition) is 4. The lowest BCUT2D eigenvalue weighted by Crippen LogP contribution is -2.48. The first-order valence-electron chi connectivity index (χ1n) is 8.48. The Hall–Kier alpha value is -1.76. The van der Waals surface area contributed by atoms with Gasteiger partial charge in [-0.1, -0.05) is 17.7 Å². The normalized spacial score (nSPS) is 15.9. The molecule has 0 aromatic heterocycles. The van der Waals surface area contributed by atoms with Crippen molar-refractivity contribution in [3.8, 4) is 5.75 Å². The molecule has 0 bridgehead atoms. The molecule has 0 spiro atoms. The number of halogens is 1. The fourth-order valence-corrected chi connectivity index (χ4v) is 5.05. The molecule has 0 radical (unpaired) electrons. The molecule has 0 N–H and O–H groups in total. The van der Waals surface area contributed by atoms with E-state index in [0.717, 1.165) is 5.69 Å². The molecule has 0 unspecified atom stereocenters. The number of benzene rings is 2. The van der Waals surface area contributed by atoms with Crippen molar-refractivity contribution in [2.45, 2.75) is 18.7 Å². The summed E-state index contributed by atoms with van der Waals surface area (Å²) < 4.78 is 32.4. The molecule has 26 heavy (non-hydrogen) atoms. The van der Waals surface area contributed by atoms with E-state index in [0.29, 0.717) is 37.0 Å². The Morgan fingerprint density at radius 3 is 2.12 bits per heavy atom. The van der Waals surface area contributed by atoms with Gasteiger partial charge < -0.3 is 9.64 Å². The van der Waals surface area contributed by atoms with Gasteiger partial charge in [-0.25, -0.2) is 8.42 Å². The first-order valence-corrected chi connectivity index (χ1v) is 10.3. The van der Waals surface area contributed by atoms with Crippen LogP contribution in [0, 0.1) is 13.8 Å². The average Bonchev–Trinajstić information content (AvgIpc) is 2.61. The molecule has 0 amide bonds. The standard InChI is InChI=1S/C19H23ClN2O3S/c1-14-10-15(2)12-16(11-14)21-6-8-22(9-7-21)26(23,24)17-4-5-19(25-3)18(20)13-17/h4-5,10-13H,6-9H2,1-3H3. The minimum atomic E-state index is -3.56. The SMILES string of the molecule is COc1ccc(S(=O)(=O)N2CCN(c3cc(C)cc(C)c3)CC2)cc1Cl. The summed E-state index contributed by atoms with van der Waals surface area (Å²) >= 11 is 6.09. The zero-order valence-corrected chi connectivity index (χ0v) is 16.8. The second-order valence-electron chi connectivity index (χ2n) is 6.53. The van der Waals surface area contributed by atoms with Crippen LogP contribution in [-0.2, 0) is 10.0 Å². The van der Waals surface area contributed by atoms with Gasteiger partial charge in [0, 0.05) is 31.9 Å². The molecule has 2 aromatic rings. The van der Waals surface area contributed by atoms with Crippen LogP contribution in [0.25, 0.3) is 0 Å². The van der Waals surface area contributed by atoms with Crippen LogP contribution in [0.1, 0.15) is 11.1 Å². The van der Waals surface area contributed by atoms with E-state index in [-0.39, 0.29) is 4.90 Å². The van der Waals surface area contributed by atoms with Gasteiger partial charge in [0.1, 0.15) is 5.75 Å². The van der Waals surface area contributed by atoms with Crippen molar-refractivity contribution in [1.82, 2.24) is 4.31 Å². The minimum absolute atomic E-state index is 0.197. The van der Waals surface area contributed by atoms with Crippen LogP contribution in [0.3, 0.4) is 0 Å². The monoisotopic (exact) mass is 394 g/mol. The number of aryl methyl sites for hydroxylation is 2. The smallest absolute Gasteiger partial charge is 0.243 e. The Morgan fingerprint density at radius 2 is 1.58 bits per heavy atom. The summed E-state index contributed by atoms with van der Waals surface area (Å²) in [6, 6.07) is 11.0. The first kappa shape index (κ1) is 19.0. The Labute approximate surface area is 160 Å². The van der Waals surface area contributed by atoms with E-state index in [1.807, 2.05) is 0 Å². The number of methoxy groups -OCH3 is 1. The lowest BCUT2D eigenvalue weighted by molar-refractivity contribution is 0.384. The number of nitrogens with zero attached hydrogens (tertiary/aromatic N) is 2. The Kier molecular flexibility index (Phi) is 5.46. The maximum absolute atomic E-state index is 12.9. The van der Waals surface area contributed by atoms with Gasteiger partial charge in [0.25, 0.3) is 0 Å². The molecule has 1 aliphatic heterocycles. The summed E-state index contributed by atoms with van der Waals surface area (Å²) in [6.45, 7) is 6.35. The van der Waals surface area contributed by atoms with E-state index in [4.69, 9.17) is 16.3 Å². The van der Waals surface area contributed by atoms with Gasteiger partial charge in [0.15, 0.2) is 0 Å². The van der Waals surface area contributed by atoms with Gasteiger partial charge in [-0.15, -0.1) is 0 Å². The summed E-state index contributed by atoms with van der Waals surface area (Å²) in [5.74, 6) is 0.463. The third kappa shape index (κ3) is 3.82. The molecule has 0 atom stereocenters. The Balaban J connectivity index is 1.75. The van der Waals surface area contributed by atoms with E-state index < -0.39 is 10.0 Å². The van der Waals surface area contributed by atoms with Crippen molar-refractivity contribution in [2.24, 2.45) is 0 Å². The van der Waals surface area contributed by atoms with Crippen molar-refractivity contribution < 1.29 is 13.2 Å². The van der Waals surface area contributed by atoms with Gasteiger partial charge in [0.05, 0.1) is 17.0 Å². The molecular weight excluding hydrogens is 372 g/mol. The Morgan fingerprint density at radius 1 is 0.962 bits per heavy atom. The highest BCUT2D eigenvalue weighted by Crippen LogP contribution is 2.29. The number of hydrogen-bond donors (Lipinski definition) is 0. The van der Waals surface area contributed by atoms with Crippen LogP contribution in [0.15, 0.2) is 41.3 Å². The number of anilines is 1. The lowest BCUT2D eigenvalue weighted by atomic mass is 10.1. The number of rotatable bonds is 4. The quantitative estimate of drug-likeness (QED) is 0.796. The van der Waals surface area contributed by atoms with E-state index in [1.165, 1.54) is 34.7 Å². The topological polar surface area (TPSA) is 49.9 Å². The number of piperazine rings is 1. The second-order valence-corrected chi connectivity index (χ2v) is 8.88. The molecule has 1 heterocycles. The molecular formula is C19H23ClN2O3S. The predicted octanol–water partition coefficient (Wildman–Crippen LogP) is 3.48. The Bertz CT molecular complexity index is 887. The largest absolute Gasteiger partial charge is 0.495 e. The molecule has 3 rings (SSSR count). The van der Waals surface area contributed by atoms with E-state index in [2.05, 4.69) is 36.9 Å². The highest BCUT2D eigenvalue weighted by Gasteiger charge is 2.29. The average molecular weight is 395 g/mol. The maximum Gasteiger partial charge on any atom is 0.243 e. The van der Waals surface area contributed by atoms with Gasteiger partial charge >= 0.3 is 0 Å². The van der Waals surface area contributed by atoms with Gasteiger partial charge in [-0.2, -0.15) is 4.31 Å². The van der Waals surface area contributed by atoms with Crippen LogP contribution in [0.5, 0.6) is 5.75 Å². The molecule has 5 nitrogen and oxygen atoms in total. The fraction of sp³-hybridized carbons (Fsp3) is 0.368. The zero-order chi connectivity index (χ0) is 18.9. The predicted molar refractivity (Wildman–Crippen MR) is 105 cm³/mol. The number of sulfonamides is 1. The van der Waals surface area contributed by atoms with Crippen LogP contribution >= 0.6 is 11.6 Å². The van der Waals surface area contributed by atoms with Crippen molar-refractivity contribution in [1.29, 1.82) is 0 Å². The molecule has 2 aromatic carbocycles. The van der Waals surface area contributed by atoms with Gasteiger partial charge in [-0.3, -0.25) is 0 Å². The van der Waals surface area contributed by atoms with Gasteiger partial charge in [-0.05, 0) is 55.3 Å². The lowest BCUT2D eigenvalue weighted by Gasteiger charge is -2.35. The molecule has 1 fully saturated rings. The summed E-state index contributed by atoms with van der Waals surface area (Å²) in [5, 5.41) is 0.294. The summed E-state index contributed by atoms with van der Waals surface area (Å²) in [5.41, 5.74) is 3.57. The molecule has 140 valence electrons. The zero-order valence-electron chi connectivity index (χ0n) is 15.2. The number of ether oxygens (including phenoxy) is 1. The second kappa shape index (κ2) is 7.47. The highest BCUT2D eigenvalue weighted by molar-refractivity contribution is 7.89. The summed E-state index contributed by atoms with van der Waals surface area (Å²) in [7, 11) is -2.06. The highest BCUT2D eigenvalue weighted by atomic mass is 35.5. The minimum Gasteiger partial charge on any atom is -0.495 e. The maximum atomic E-state index is 12.9. The van der Waals surface area contributed by atoms with Crippen LogP contribution < -0.4 is 9.64 Å². The summed E-state index contributed by atoms with van der Waals surface area (Å²) in [4.78, 5) is 2.43. The molecule has 0 saturated carbocycles. The van der Waals surface area contributed by atoms with Crippen molar-refractivity contribution >= 4 is 27.3 Å². The van der Waals surface area contributed by atoms with Crippen LogP contribution in [0.4, 0.5) is 5.69 Å². The van der Waals surface area contributed by atoms with E-state index in [1.54, 1.807) is 6.07 Å². The third-order valence-electron chi connectivity index (χ3n) is 4.57. The third-order valence-corrected chi connectivity index (χ3v) is 6.76. The summed E-state index contributed by atoms with van der Waals surface area (Å²) in [6.07, 6.45) is 0. The fourth-order valence-electron chi connectivity index (χ4n) is 3.28. The van der Waals surface area contributed by atoms with Crippen molar-refractivity contribution in [3.63, 3.8) is 0 Å². The van der Waals surface area contributed by atoms with E-state index in [9.17, 15) is 8.42 Å². The van der Waals surface area contributed by atoms with E-state index >= 15 is 0 Å². The van der Waals surface area contributed by atoms with Crippen LogP contribution in [-0.4, -0.2) is 46.0 Å². The molecule has 1 aliphatic rings. The molecule has 7 heteroatoms. The van der Waals surface area contributed by atoms with Crippen LogP contribution in [0.2, 0.25) is 5.02 Å². The van der Waals surface area contributed by atoms with Crippen molar-refractivity contribution in [2.75, 3.05) is 38.2 Å². The molecule has 1 saturated heterocycles.